The molecule has 20 heavy (non-hydrogen) atoms. The molecule has 0 fully saturated rings. The zero-order chi connectivity index (χ0) is 15.5. The number of benzene rings is 1. The van der Waals surface area contributed by atoms with E-state index in [1.165, 1.54) is 0 Å². The van der Waals surface area contributed by atoms with Gasteiger partial charge in [-0.05, 0) is 18.1 Å². The van der Waals surface area contributed by atoms with Gasteiger partial charge in [-0.2, -0.15) is 14.4 Å². The van der Waals surface area contributed by atoms with Crippen molar-refractivity contribution in [2.24, 2.45) is 5.92 Å². The van der Waals surface area contributed by atoms with Crippen LogP contribution < -0.4 is 4.72 Å². The maximum Gasteiger partial charge on any atom is 0.306 e. The molecule has 1 unspecified atom stereocenters. The number of nitro groups is 1. The Labute approximate surface area is 115 Å². The van der Waals surface area contributed by atoms with Crippen LogP contribution in [0.15, 0.2) is 23.1 Å². The van der Waals surface area contributed by atoms with Gasteiger partial charge in [0, 0.05) is 6.07 Å². The number of hydrogen-bond donors (Lipinski definition) is 1. The Morgan fingerprint density at radius 1 is 1.45 bits per heavy atom. The standard InChI is InChI=1S/C11H12FN3O4S/c1-7(2)10(6-13)14-20(18,19)8-3-4-9(12)11(5-8)15(16)17/h3-5,7,10,14H,1-2H3. The second-order valence-corrected chi connectivity index (χ2v) is 6.06. The quantitative estimate of drug-likeness (QED) is 0.655. The van der Waals surface area contributed by atoms with Gasteiger partial charge in [0.15, 0.2) is 0 Å². The van der Waals surface area contributed by atoms with Crippen molar-refractivity contribution in [2.45, 2.75) is 24.8 Å². The fourth-order valence-electron chi connectivity index (χ4n) is 1.35. The molecule has 1 aromatic carbocycles. The van der Waals surface area contributed by atoms with Gasteiger partial charge in [-0.1, -0.05) is 13.8 Å². The van der Waals surface area contributed by atoms with Crippen molar-refractivity contribution >= 4 is 15.7 Å². The lowest BCUT2D eigenvalue weighted by Gasteiger charge is -2.15. The van der Waals surface area contributed by atoms with Crippen LogP contribution in [0.25, 0.3) is 0 Å². The molecule has 0 saturated heterocycles. The summed E-state index contributed by atoms with van der Waals surface area (Å²) < 4.78 is 39.2. The molecule has 7 nitrogen and oxygen atoms in total. The lowest BCUT2D eigenvalue weighted by molar-refractivity contribution is -0.387. The number of nitrogens with zero attached hydrogens (tertiary/aromatic N) is 2. The molecule has 0 aliphatic heterocycles. The maximum atomic E-state index is 13.2. The number of hydrogen-bond acceptors (Lipinski definition) is 5. The van der Waals surface area contributed by atoms with E-state index >= 15 is 0 Å². The van der Waals surface area contributed by atoms with Crippen molar-refractivity contribution in [3.63, 3.8) is 0 Å². The third-order valence-electron chi connectivity index (χ3n) is 2.51. The molecule has 0 bridgehead atoms. The van der Waals surface area contributed by atoms with Gasteiger partial charge in [0.2, 0.25) is 15.8 Å². The Balaban J connectivity index is 3.20. The fourth-order valence-corrected chi connectivity index (χ4v) is 2.66. The molecule has 1 atom stereocenters. The zero-order valence-electron chi connectivity index (χ0n) is 10.7. The van der Waals surface area contributed by atoms with Crippen molar-refractivity contribution in [3.8, 4) is 6.07 Å². The minimum Gasteiger partial charge on any atom is -0.258 e. The highest BCUT2D eigenvalue weighted by atomic mass is 32.2. The first-order valence-electron chi connectivity index (χ1n) is 5.55. The Morgan fingerprint density at radius 3 is 2.50 bits per heavy atom. The van der Waals surface area contributed by atoms with Crippen LogP contribution in [0.3, 0.4) is 0 Å². The van der Waals surface area contributed by atoms with E-state index in [2.05, 4.69) is 4.72 Å². The molecule has 0 aliphatic carbocycles. The van der Waals surface area contributed by atoms with Crippen LogP contribution in [0.5, 0.6) is 0 Å². The molecule has 0 radical (unpaired) electrons. The molecule has 9 heteroatoms. The predicted molar refractivity (Wildman–Crippen MR) is 67.6 cm³/mol. The predicted octanol–water partition coefficient (Wildman–Crippen LogP) is 1.56. The smallest absolute Gasteiger partial charge is 0.258 e. The first kappa shape index (κ1) is 16.0. The largest absolute Gasteiger partial charge is 0.306 e. The van der Waals surface area contributed by atoms with E-state index in [1.807, 2.05) is 0 Å². The van der Waals surface area contributed by atoms with E-state index in [0.29, 0.717) is 12.1 Å². The first-order valence-corrected chi connectivity index (χ1v) is 7.03. The number of nitrogens with one attached hydrogen (secondary N) is 1. The number of nitro benzene ring substituents is 1. The van der Waals surface area contributed by atoms with Gasteiger partial charge in [-0.3, -0.25) is 10.1 Å². The normalized spacial score (nSPS) is 12.9. The van der Waals surface area contributed by atoms with Crippen molar-refractivity contribution in [1.29, 1.82) is 5.26 Å². The average molecular weight is 301 g/mol. The highest BCUT2D eigenvalue weighted by Crippen LogP contribution is 2.22. The lowest BCUT2D eigenvalue weighted by atomic mass is 10.1. The summed E-state index contributed by atoms with van der Waals surface area (Å²) in [5.74, 6) is -1.42. The van der Waals surface area contributed by atoms with Crippen LogP contribution in [0, 0.1) is 33.2 Å². The fraction of sp³-hybridized carbons (Fsp3) is 0.364. The highest BCUT2D eigenvalue weighted by molar-refractivity contribution is 7.89. The molecule has 0 saturated carbocycles. The van der Waals surface area contributed by atoms with Gasteiger partial charge in [-0.25, -0.2) is 8.42 Å². The molecule has 108 valence electrons. The van der Waals surface area contributed by atoms with Crippen LogP contribution >= 0.6 is 0 Å². The summed E-state index contributed by atoms with van der Waals surface area (Å²) in [6.07, 6.45) is 0. The zero-order valence-corrected chi connectivity index (χ0v) is 11.5. The molecule has 1 N–H and O–H groups in total. The molecule has 1 rings (SSSR count). The highest BCUT2D eigenvalue weighted by Gasteiger charge is 2.25. The van der Waals surface area contributed by atoms with E-state index < -0.39 is 37.4 Å². The molecule has 0 aliphatic rings. The van der Waals surface area contributed by atoms with Crippen LogP contribution in [0.4, 0.5) is 10.1 Å². The third-order valence-corrected chi connectivity index (χ3v) is 3.95. The van der Waals surface area contributed by atoms with Crippen LogP contribution in [0.1, 0.15) is 13.8 Å². The summed E-state index contributed by atoms with van der Waals surface area (Å²) in [4.78, 5) is 9.10. The van der Waals surface area contributed by atoms with E-state index in [-0.39, 0.29) is 5.92 Å². The number of sulfonamides is 1. The second kappa shape index (κ2) is 5.94. The van der Waals surface area contributed by atoms with Crippen LogP contribution in [0.2, 0.25) is 0 Å². The van der Waals surface area contributed by atoms with Gasteiger partial charge in [-0.15, -0.1) is 0 Å². The van der Waals surface area contributed by atoms with Crippen molar-refractivity contribution in [3.05, 3.63) is 34.1 Å². The van der Waals surface area contributed by atoms with E-state index in [0.717, 1.165) is 6.07 Å². The van der Waals surface area contributed by atoms with E-state index in [4.69, 9.17) is 5.26 Å². The summed E-state index contributed by atoms with van der Waals surface area (Å²) in [6.45, 7) is 3.28. The summed E-state index contributed by atoms with van der Waals surface area (Å²) in [5, 5.41) is 19.4. The third kappa shape index (κ3) is 3.49. The Kier molecular flexibility index (Phi) is 4.75. The Bertz CT molecular complexity index is 667. The summed E-state index contributed by atoms with van der Waals surface area (Å²) >= 11 is 0. The number of nitriles is 1. The summed E-state index contributed by atoms with van der Waals surface area (Å²) in [6, 6.07) is 3.01. The summed E-state index contributed by atoms with van der Waals surface area (Å²) in [5.41, 5.74) is -0.939. The minimum atomic E-state index is -4.13. The molecule has 1 aromatic rings. The van der Waals surface area contributed by atoms with Crippen LogP contribution in [-0.4, -0.2) is 19.4 Å². The first-order chi connectivity index (χ1) is 9.19. The van der Waals surface area contributed by atoms with Crippen molar-refractivity contribution in [2.75, 3.05) is 0 Å². The maximum absolute atomic E-state index is 13.2. The van der Waals surface area contributed by atoms with Crippen molar-refractivity contribution < 1.29 is 17.7 Å². The Morgan fingerprint density at radius 2 is 2.05 bits per heavy atom. The van der Waals surface area contributed by atoms with Crippen molar-refractivity contribution in [1.82, 2.24) is 4.72 Å². The van der Waals surface area contributed by atoms with Gasteiger partial charge >= 0.3 is 5.69 Å². The van der Waals surface area contributed by atoms with Gasteiger partial charge in [0.1, 0.15) is 6.04 Å². The Hall–Kier alpha value is -2.05. The SMILES string of the molecule is CC(C)C(C#N)NS(=O)(=O)c1ccc(F)c([N+](=O)[O-])c1. The van der Waals surface area contributed by atoms with Gasteiger partial charge in [0.05, 0.1) is 15.9 Å². The lowest BCUT2D eigenvalue weighted by Crippen LogP contribution is -2.37. The van der Waals surface area contributed by atoms with Crippen LogP contribution in [-0.2, 0) is 10.0 Å². The molecule has 0 spiro atoms. The average Bonchev–Trinajstić information content (AvgIpc) is 2.35. The number of rotatable bonds is 5. The monoisotopic (exact) mass is 301 g/mol. The summed E-state index contributed by atoms with van der Waals surface area (Å²) in [7, 11) is -4.13. The van der Waals surface area contributed by atoms with E-state index in [9.17, 15) is 22.9 Å². The van der Waals surface area contributed by atoms with Gasteiger partial charge < -0.3 is 0 Å². The topological polar surface area (TPSA) is 113 Å². The number of halogens is 1. The minimum absolute atomic E-state index is 0.287. The molecular formula is C11H12FN3O4S. The van der Waals surface area contributed by atoms with Gasteiger partial charge in [0.25, 0.3) is 0 Å². The molecule has 0 amide bonds. The van der Waals surface area contributed by atoms with E-state index in [1.54, 1.807) is 19.9 Å². The molecule has 0 aromatic heterocycles. The molecule has 0 heterocycles. The molecular weight excluding hydrogens is 289 g/mol. The second-order valence-electron chi connectivity index (χ2n) is 4.34.